The molecular formula is C13H20N2O. The predicted molar refractivity (Wildman–Crippen MR) is 67.4 cm³/mol. The molecule has 0 bridgehead atoms. The molecule has 1 aliphatic heterocycles. The molecule has 1 aromatic carbocycles. The van der Waals surface area contributed by atoms with Crippen LogP contribution in [0.1, 0.15) is 12.5 Å². The third kappa shape index (κ3) is 2.00. The van der Waals surface area contributed by atoms with Gasteiger partial charge in [-0.25, -0.2) is 0 Å². The van der Waals surface area contributed by atoms with Gasteiger partial charge in [0.1, 0.15) is 5.75 Å². The Labute approximate surface area is 97.4 Å². The smallest absolute Gasteiger partial charge is 0.142 e. The summed E-state index contributed by atoms with van der Waals surface area (Å²) in [5.74, 6) is 0.964. The van der Waals surface area contributed by atoms with Crippen molar-refractivity contribution in [1.82, 2.24) is 5.32 Å². The van der Waals surface area contributed by atoms with Gasteiger partial charge >= 0.3 is 0 Å². The molecule has 0 aromatic heterocycles. The highest BCUT2D eigenvalue weighted by Crippen LogP contribution is 2.30. The van der Waals surface area contributed by atoms with E-state index in [1.165, 1.54) is 11.3 Å². The molecule has 0 amide bonds. The fourth-order valence-electron chi connectivity index (χ4n) is 1.98. The molecule has 0 spiro atoms. The van der Waals surface area contributed by atoms with Gasteiger partial charge in [-0.3, -0.25) is 0 Å². The number of methoxy groups -OCH3 is 1. The molecule has 1 heterocycles. The maximum atomic E-state index is 5.42. The average Bonchev–Trinajstić information content (AvgIpc) is 2.25. The van der Waals surface area contributed by atoms with Crippen molar-refractivity contribution in [1.29, 1.82) is 0 Å². The molecule has 0 aliphatic carbocycles. The van der Waals surface area contributed by atoms with E-state index in [4.69, 9.17) is 4.74 Å². The molecule has 1 aromatic rings. The summed E-state index contributed by atoms with van der Waals surface area (Å²) >= 11 is 0. The van der Waals surface area contributed by atoms with Gasteiger partial charge in [0.2, 0.25) is 0 Å². The second kappa shape index (κ2) is 4.74. The van der Waals surface area contributed by atoms with Crippen LogP contribution >= 0.6 is 0 Å². The quantitative estimate of drug-likeness (QED) is 0.835. The first-order valence-corrected chi connectivity index (χ1v) is 5.86. The van der Waals surface area contributed by atoms with E-state index in [1.807, 2.05) is 0 Å². The summed E-state index contributed by atoms with van der Waals surface area (Å²) in [6.45, 7) is 4.31. The highest BCUT2D eigenvalue weighted by atomic mass is 16.5. The molecule has 3 nitrogen and oxygen atoms in total. The van der Waals surface area contributed by atoms with E-state index < -0.39 is 0 Å². The number of nitrogens with zero attached hydrogens (tertiary/aromatic N) is 1. The molecule has 1 aliphatic rings. The van der Waals surface area contributed by atoms with Gasteiger partial charge in [-0.05, 0) is 24.1 Å². The second-order valence-corrected chi connectivity index (χ2v) is 4.28. The third-order valence-corrected chi connectivity index (χ3v) is 3.34. The Morgan fingerprint density at radius 1 is 1.44 bits per heavy atom. The minimum atomic E-state index is 0.598. The number of ether oxygens (including phenoxy) is 1. The third-order valence-electron chi connectivity index (χ3n) is 3.34. The number of nitrogens with one attached hydrogen (secondary N) is 1. The molecule has 3 heteroatoms. The van der Waals surface area contributed by atoms with Gasteiger partial charge in [0.15, 0.2) is 0 Å². The first kappa shape index (κ1) is 11.3. The summed E-state index contributed by atoms with van der Waals surface area (Å²) in [4.78, 5) is 2.31. The molecular weight excluding hydrogens is 200 g/mol. The Bertz CT molecular complexity index is 361. The van der Waals surface area contributed by atoms with Crippen LogP contribution in [0.15, 0.2) is 18.2 Å². The standard InChI is InChI=1S/C13H20N2O/c1-4-10-5-6-13(16-3)12(7-10)15(2)11-8-14-9-11/h5-7,11,14H,4,8-9H2,1-3H3. The zero-order chi connectivity index (χ0) is 11.5. The van der Waals surface area contributed by atoms with Crippen molar-refractivity contribution >= 4 is 5.69 Å². The monoisotopic (exact) mass is 220 g/mol. The lowest BCUT2D eigenvalue weighted by Gasteiger charge is -2.37. The Balaban J connectivity index is 2.27. The van der Waals surface area contributed by atoms with Gasteiger partial charge in [0, 0.05) is 20.1 Å². The van der Waals surface area contributed by atoms with Gasteiger partial charge in [0.05, 0.1) is 18.8 Å². The predicted octanol–water partition coefficient (Wildman–Crippen LogP) is 1.67. The summed E-state index contributed by atoms with van der Waals surface area (Å²) in [6.07, 6.45) is 1.06. The molecule has 88 valence electrons. The number of anilines is 1. The van der Waals surface area contributed by atoms with Crippen molar-refractivity contribution in [3.63, 3.8) is 0 Å². The van der Waals surface area contributed by atoms with Crippen LogP contribution < -0.4 is 15.0 Å². The van der Waals surface area contributed by atoms with Gasteiger partial charge in [0.25, 0.3) is 0 Å². The Hall–Kier alpha value is -1.22. The van der Waals surface area contributed by atoms with Crippen molar-refractivity contribution in [3.05, 3.63) is 23.8 Å². The highest BCUT2D eigenvalue weighted by Gasteiger charge is 2.23. The Morgan fingerprint density at radius 3 is 2.69 bits per heavy atom. The Kier molecular flexibility index (Phi) is 3.34. The van der Waals surface area contributed by atoms with Crippen LogP contribution in [0.2, 0.25) is 0 Å². The molecule has 1 N–H and O–H groups in total. The van der Waals surface area contributed by atoms with Gasteiger partial charge in [-0.1, -0.05) is 13.0 Å². The average molecular weight is 220 g/mol. The van der Waals surface area contributed by atoms with Crippen LogP contribution in [0, 0.1) is 0 Å². The first-order valence-electron chi connectivity index (χ1n) is 5.86. The van der Waals surface area contributed by atoms with Gasteiger partial charge in [-0.2, -0.15) is 0 Å². The van der Waals surface area contributed by atoms with E-state index in [9.17, 15) is 0 Å². The Morgan fingerprint density at radius 2 is 2.19 bits per heavy atom. The lowest BCUT2D eigenvalue weighted by atomic mass is 10.1. The van der Waals surface area contributed by atoms with Crippen molar-refractivity contribution < 1.29 is 4.74 Å². The molecule has 0 saturated carbocycles. The largest absolute Gasteiger partial charge is 0.495 e. The molecule has 0 atom stereocenters. The van der Waals surface area contributed by atoms with Crippen LogP contribution in [0.3, 0.4) is 0 Å². The van der Waals surface area contributed by atoms with Gasteiger partial charge in [-0.15, -0.1) is 0 Å². The van der Waals surface area contributed by atoms with Crippen LogP contribution in [-0.2, 0) is 6.42 Å². The molecule has 1 fully saturated rings. The first-order chi connectivity index (χ1) is 7.76. The number of benzene rings is 1. The lowest BCUT2D eigenvalue weighted by Crippen LogP contribution is -2.56. The fraction of sp³-hybridized carbons (Fsp3) is 0.538. The molecule has 16 heavy (non-hydrogen) atoms. The summed E-state index contributed by atoms with van der Waals surface area (Å²) in [5.41, 5.74) is 2.56. The summed E-state index contributed by atoms with van der Waals surface area (Å²) in [5, 5.41) is 3.30. The number of hydrogen-bond acceptors (Lipinski definition) is 3. The lowest BCUT2D eigenvalue weighted by molar-refractivity contribution is 0.400. The molecule has 0 unspecified atom stereocenters. The molecule has 2 rings (SSSR count). The fourth-order valence-corrected chi connectivity index (χ4v) is 1.98. The van der Waals surface area contributed by atoms with E-state index in [0.29, 0.717) is 6.04 Å². The normalized spacial score (nSPS) is 15.7. The zero-order valence-electron chi connectivity index (χ0n) is 10.3. The van der Waals surface area contributed by atoms with E-state index in [0.717, 1.165) is 25.3 Å². The topological polar surface area (TPSA) is 24.5 Å². The van der Waals surface area contributed by atoms with Crippen molar-refractivity contribution in [2.24, 2.45) is 0 Å². The van der Waals surface area contributed by atoms with Gasteiger partial charge < -0.3 is 15.0 Å². The van der Waals surface area contributed by atoms with E-state index in [-0.39, 0.29) is 0 Å². The summed E-state index contributed by atoms with van der Waals surface area (Å²) < 4.78 is 5.42. The highest BCUT2D eigenvalue weighted by molar-refractivity contribution is 5.60. The van der Waals surface area contributed by atoms with E-state index in [2.05, 4.69) is 42.4 Å². The van der Waals surface area contributed by atoms with Crippen LogP contribution in [0.5, 0.6) is 5.75 Å². The molecule has 1 saturated heterocycles. The minimum Gasteiger partial charge on any atom is -0.495 e. The molecule has 0 radical (unpaired) electrons. The van der Waals surface area contributed by atoms with Crippen LogP contribution in [0.25, 0.3) is 0 Å². The number of rotatable bonds is 4. The van der Waals surface area contributed by atoms with E-state index >= 15 is 0 Å². The summed E-state index contributed by atoms with van der Waals surface area (Å²) in [6, 6.07) is 7.03. The zero-order valence-corrected chi connectivity index (χ0v) is 10.3. The summed E-state index contributed by atoms with van der Waals surface area (Å²) in [7, 11) is 3.88. The number of aryl methyl sites for hydroxylation is 1. The minimum absolute atomic E-state index is 0.598. The van der Waals surface area contributed by atoms with Crippen LogP contribution in [0.4, 0.5) is 5.69 Å². The van der Waals surface area contributed by atoms with Crippen molar-refractivity contribution in [2.45, 2.75) is 19.4 Å². The second-order valence-electron chi connectivity index (χ2n) is 4.28. The van der Waals surface area contributed by atoms with Crippen molar-refractivity contribution in [3.8, 4) is 5.75 Å². The van der Waals surface area contributed by atoms with E-state index in [1.54, 1.807) is 7.11 Å². The maximum Gasteiger partial charge on any atom is 0.142 e. The SMILES string of the molecule is CCc1ccc(OC)c(N(C)C2CNC2)c1. The maximum absolute atomic E-state index is 5.42. The number of likely N-dealkylation sites (N-methyl/N-ethyl adjacent to an activating group) is 1. The van der Waals surface area contributed by atoms with Crippen LogP contribution in [-0.4, -0.2) is 33.3 Å². The number of hydrogen-bond donors (Lipinski definition) is 1. The van der Waals surface area contributed by atoms with Crippen molar-refractivity contribution in [2.75, 3.05) is 32.1 Å².